The van der Waals surface area contributed by atoms with Crippen molar-refractivity contribution in [2.24, 2.45) is 0 Å². The smallest absolute Gasteiger partial charge is 0.335 e. The minimum atomic E-state index is -0.979. The molecule has 0 bridgehead atoms. The predicted octanol–water partition coefficient (Wildman–Crippen LogP) is 4.53. The van der Waals surface area contributed by atoms with Crippen molar-refractivity contribution in [3.8, 4) is 11.5 Å². The Bertz CT molecular complexity index is 1030. The number of carboxylic acids is 1. The topological polar surface area (TPSA) is 84.9 Å². The molecule has 148 valence electrons. The summed E-state index contributed by atoms with van der Waals surface area (Å²) in [5.74, 6) is -0.0648. The van der Waals surface area contributed by atoms with E-state index in [-0.39, 0.29) is 18.1 Å². The summed E-state index contributed by atoms with van der Waals surface area (Å²) in [6, 6.07) is 18.9. The second-order valence-corrected chi connectivity index (χ2v) is 6.48. The van der Waals surface area contributed by atoms with E-state index in [1.807, 2.05) is 19.1 Å². The average molecular weight is 391 g/mol. The SMILES string of the molecule is COc1ccc(C)cc1NC(=O)c1ccc(OCc2cccc(C(=O)O)c2)cc1. The lowest BCUT2D eigenvalue weighted by Crippen LogP contribution is -2.12. The van der Waals surface area contributed by atoms with Crippen LogP contribution in [0.5, 0.6) is 11.5 Å². The fourth-order valence-electron chi connectivity index (χ4n) is 2.78. The van der Waals surface area contributed by atoms with Crippen LogP contribution in [0, 0.1) is 6.92 Å². The number of nitrogens with one attached hydrogen (secondary N) is 1. The van der Waals surface area contributed by atoms with Crippen LogP contribution in [0.3, 0.4) is 0 Å². The van der Waals surface area contributed by atoms with Gasteiger partial charge in [-0.05, 0) is 66.6 Å². The van der Waals surface area contributed by atoms with Crippen molar-refractivity contribution in [1.29, 1.82) is 0 Å². The van der Waals surface area contributed by atoms with Gasteiger partial charge in [-0.1, -0.05) is 18.2 Å². The fourth-order valence-corrected chi connectivity index (χ4v) is 2.78. The molecule has 3 aromatic carbocycles. The second kappa shape index (κ2) is 8.93. The first-order valence-electron chi connectivity index (χ1n) is 8.97. The van der Waals surface area contributed by atoms with Crippen LogP contribution in [0.15, 0.2) is 66.7 Å². The number of rotatable bonds is 7. The van der Waals surface area contributed by atoms with Gasteiger partial charge >= 0.3 is 5.97 Å². The zero-order valence-electron chi connectivity index (χ0n) is 16.1. The van der Waals surface area contributed by atoms with E-state index in [0.717, 1.165) is 11.1 Å². The largest absolute Gasteiger partial charge is 0.495 e. The Morgan fingerprint density at radius 3 is 2.41 bits per heavy atom. The van der Waals surface area contributed by atoms with E-state index < -0.39 is 5.97 Å². The van der Waals surface area contributed by atoms with E-state index >= 15 is 0 Å². The van der Waals surface area contributed by atoms with Gasteiger partial charge in [0.05, 0.1) is 18.4 Å². The lowest BCUT2D eigenvalue weighted by molar-refractivity contribution is 0.0696. The van der Waals surface area contributed by atoms with Gasteiger partial charge in [0.1, 0.15) is 18.1 Å². The molecule has 0 unspecified atom stereocenters. The van der Waals surface area contributed by atoms with Gasteiger partial charge in [-0.25, -0.2) is 4.79 Å². The van der Waals surface area contributed by atoms with E-state index in [0.29, 0.717) is 22.7 Å². The lowest BCUT2D eigenvalue weighted by Gasteiger charge is -2.11. The molecule has 3 aromatic rings. The number of hydrogen-bond acceptors (Lipinski definition) is 4. The third kappa shape index (κ3) is 5.13. The number of ether oxygens (including phenoxy) is 2. The zero-order valence-corrected chi connectivity index (χ0v) is 16.1. The Labute approximate surface area is 168 Å². The van der Waals surface area contributed by atoms with Crippen LogP contribution in [0.2, 0.25) is 0 Å². The molecule has 6 nitrogen and oxygen atoms in total. The highest BCUT2D eigenvalue weighted by Gasteiger charge is 2.10. The Hall–Kier alpha value is -3.80. The zero-order chi connectivity index (χ0) is 20.8. The number of anilines is 1. The summed E-state index contributed by atoms with van der Waals surface area (Å²) in [4.78, 5) is 23.6. The summed E-state index contributed by atoms with van der Waals surface area (Å²) in [6.45, 7) is 2.17. The number of amides is 1. The summed E-state index contributed by atoms with van der Waals surface area (Å²) >= 11 is 0. The molecule has 0 aliphatic rings. The number of carbonyl (C=O) groups is 2. The summed E-state index contributed by atoms with van der Waals surface area (Å²) in [5, 5.41) is 11.9. The number of carboxylic acid groups (broad SMARTS) is 1. The molecule has 0 radical (unpaired) electrons. The standard InChI is InChI=1S/C23H21NO5/c1-15-6-11-21(28-2)20(12-15)24-22(25)17-7-9-19(10-8-17)29-14-16-4-3-5-18(13-16)23(26)27/h3-13H,14H2,1-2H3,(H,24,25)(H,26,27). The quantitative estimate of drug-likeness (QED) is 0.618. The maximum Gasteiger partial charge on any atom is 0.335 e. The van der Waals surface area contributed by atoms with Crippen molar-refractivity contribution in [1.82, 2.24) is 0 Å². The highest BCUT2D eigenvalue weighted by Crippen LogP contribution is 2.26. The molecule has 2 N–H and O–H groups in total. The van der Waals surface area contributed by atoms with Crippen molar-refractivity contribution >= 4 is 17.6 Å². The molecule has 0 fully saturated rings. The van der Waals surface area contributed by atoms with Crippen LogP contribution in [0.25, 0.3) is 0 Å². The van der Waals surface area contributed by atoms with Crippen LogP contribution < -0.4 is 14.8 Å². The predicted molar refractivity (Wildman–Crippen MR) is 110 cm³/mol. The first-order chi connectivity index (χ1) is 14.0. The maximum absolute atomic E-state index is 12.5. The Kier molecular flexibility index (Phi) is 6.14. The molecule has 29 heavy (non-hydrogen) atoms. The van der Waals surface area contributed by atoms with Crippen molar-refractivity contribution in [2.75, 3.05) is 12.4 Å². The van der Waals surface area contributed by atoms with Gasteiger partial charge in [-0.3, -0.25) is 4.79 Å². The lowest BCUT2D eigenvalue weighted by atomic mass is 10.1. The molecule has 0 heterocycles. The van der Waals surface area contributed by atoms with Crippen LogP contribution in [0.1, 0.15) is 31.8 Å². The van der Waals surface area contributed by atoms with E-state index in [1.165, 1.54) is 6.07 Å². The van der Waals surface area contributed by atoms with Gasteiger partial charge < -0.3 is 19.9 Å². The number of methoxy groups -OCH3 is 1. The van der Waals surface area contributed by atoms with E-state index in [1.54, 1.807) is 55.6 Å². The molecule has 0 aliphatic heterocycles. The van der Waals surface area contributed by atoms with Crippen molar-refractivity contribution in [3.63, 3.8) is 0 Å². The number of hydrogen-bond donors (Lipinski definition) is 2. The Morgan fingerprint density at radius 1 is 0.966 bits per heavy atom. The molecule has 0 atom stereocenters. The normalized spacial score (nSPS) is 10.3. The molecular weight excluding hydrogens is 370 g/mol. The monoisotopic (exact) mass is 391 g/mol. The van der Waals surface area contributed by atoms with Gasteiger partial charge in [0.25, 0.3) is 5.91 Å². The third-order valence-corrected chi connectivity index (χ3v) is 4.30. The maximum atomic E-state index is 12.5. The second-order valence-electron chi connectivity index (χ2n) is 6.48. The molecule has 0 saturated carbocycles. The molecule has 3 rings (SSSR count). The van der Waals surface area contributed by atoms with Crippen LogP contribution in [-0.2, 0) is 6.61 Å². The van der Waals surface area contributed by atoms with Crippen molar-refractivity contribution in [3.05, 3.63) is 89.0 Å². The summed E-state index contributed by atoms with van der Waals surface area (Å²) in [7, 11) is 1.55. The number of benzene rings is 3. The van der Waals surface area contributed by atoms with Crippen LogP contribution in [0.4, 0.5) is 5.69 Å². The molecule has 0 spiro atoms. The number of carbonyl (C=O) groups excluding carboxylic acids is 1. The van der Waals surface area contributed by atoms with Gasteiger partial charge in [0.2, 0.25) is 0 Å². The fraction of sp³-hybridized carbons (Fsp3) is 0.130. The van der Waals surface area contributed by atoms with Gasteiger partial charge in [-0.2, -0.15) is 0 Å². The van der Waals surface area contributed by atoms with E-state index in [2.05, 4.69) is 5.32 Å². The highest BCUT2D eigenvalue weighted by molar-refractivity contribution is 6.05. The minimum absolute atomic E-state index is 0.213. The van der Waals surface area contributed by atoms with Crippen LogP contribution >= 0.6 is 0 Å². The molecule has 6 heteroatoms. The summed E-state index contributed by atoms with van der Waals surface area (Å²) in [6.07, 6.45) is 0. The van der Waals surface area contributed by atoms with Gasteiger partial charge in [0.15, 0.2) is 0 Å². The molecular formula is C23H21NO5. The van der Waals surface area contributed by atoms with Crippen molar-refractivity contribution in [2.45, 2.75) is 13.5 Å². The van der Waals surface area contributed by atoms with E-state index in [9.17, 15) is 9.59 Å². The average Bonchev–Trinajstić information content (AvgIpc) is 2.73. The third-order valence-electron chi connectivity index (χ3n) is 4.30. The van der Waals surface area contributed by atoms with E-state index in [4.69, 9.17) is 14.6 Å². The Morgan fingerprint density at radius 2 is 1.72 bits per heavy atom. The highest BCUT2D eigenvalue weighted by atomic mass is 16.5. The van der Waals surface area contributed by atoms with Gasteiger partial charge in [-0.15, -0.1) is 0 Å². The summed E-state index contributed by atoms with van der Waals surface area (Å²) < 4.78 is 11.0. The Balaban J connectivity index is 1.64. The van der Waals surface area contributed by atoms with Crippen LogP contribution in [-0.4, -0.2) is 24.1 Å². The molecule has 0 saturated heterocycles. The van der Waals surface area contributed by atoms with Gasteiger partial charge in [0, 0.05) is 5.56 Å². The van der Waals surface area contributed by atoms with Crippen molar-refractivity contribution < 1.29 is 24.2 Å². The number of aromatic carboxylic acids is 1. The summed E-state index contributed by atoms with van der Waals surface area (Å²) in [5.41, 5.74) is 3.06. The molecule has 0 aromatic heterocycles. The number of aryl methyl sites for hydroxylation is 1. The first-order valence-corrected chi connectivity index (χ1v) is 8.97. The molecule has 1 amide bonds. The minimum Gasteiger partial charge on any atom is -0.495 e. The molecule has 0 aliphatic carbocycles. The first kappa shape index (κ1) is 19.9.